The summed E-state index contributed by atoms with van der Waals surface area (Å²) in [5, 5.41) is 0. The SMILES string of the molecule is CCCN(C(=O)c1cccc(C)c1F)c1cccc(N)c1. The summed E-state index contributed by atoms with van der Waals surface area (Å²) >= 11 is 0. The van der Waals surface area contributed by atoms with E-state index in [1.807, 2.05) is 6.92 Å². The lowest BCUT2D eigenvalue weighted by Gasteiger charge is -2.23. The summed E-state index contributed by atoms with van der Waals surface area (Å²) in [6.07, 6.45) is 0.772. The lowest BCUT2D eigenvalue weighted by molar-refractivity contribution is 0.0983. The molecule has 0 heterocycles. The van der Waals surface area contributed by atoms with Crippen molar-refractivity contribution in [1.82, 2.24) is 0 Å². The molecule has 4 heteroatoms. The number of hydrogen-bond acceptors (Lipinski definition) is 2. The van der Waals surface area contributed by atoms with Gasteiger partial charge < -0.3 is 10.6 Å². The van der Waals surface area contributed by atoms with Crippen molar-refractivity contribution in [3.63, 3.8) is 0 Å². The van der Waals surface area contributed by atoms with Crippen LogP contribution in [0.1, 0.15) is 29.3 Å². The summed E-state index contributed by atoms with van der Waals surface area (Å²) in [6, 6.07) is 11.9. The number of nitrogens with zero attached hydrogens (tertiary/aromatic N) is 1. The molecule has 0 aliphatic heterocycles. The molecule has 2 aromatic carbocycles. The van der Waals surface area contributed by atoms with Crippen molar-refractivity contribution in [2.24, 2.45) is 0 Å². The Labute approximate surface area is 124 Å². The number of nitrogens with two attached hydrogens (primary N) is 1. The minimum absolute atomic E-state index is 0.0888. The molecule has 0 aliphatic rings. The van der Waals surface area contributed by atoms with Crippen LogP contribution in [0.25, 0.3) is 0 Å². The van der Waals surface area contributed by atoms with Gasteiger partial charge >= 0.3 is 0 Å². The van der Waals surface area contributed by atoms with Gasteiger partial charge in [0.2, 0.25) is 0 Å². The Morgan fingerprint density at radius 3 is 2.62 bits per heavy atom. The topological polar surface area (TPSA) is 46.3 Å². The summed E-state index contributed by atoms with van der Waals surface area (Å²) < 4.78 is 14.2. The van der Waals surface area contributed by atoms with Crippen LogP contribution in [0.15, 0.2) is 42.5 Å². The van der Waals surface area contributed by atoms with Crippen LogP contribution in [-0.2, 0) is 0 Å². The average Bonchev–Trinajstić information content (AvgIpc) is 2.47. The van der Waals surface area contributed by atoms with Crippen LogP contribution in [0.4, 0.5) is 15.8 Å². The van der Waals surface area contributed by atoms with Gasteiger partial charge in [0.1, 0.15) is 5.82 Å². The number of aryl methyl sites for hydroxylation is 1. The lowest BCUT2D eigenvalue weighted by atomic mass is 10.1. The fraction of sp³-hybridized carbons (Fsp3) is 0.235. The fourth-order valence-electron chi connectivity index (χ4n) is 2.22. The largest absolute Gasteiger partial charge is 0.399 e. The number of halogens is 1. The predicted octanol–water partition coefficient (Wildman–Crippen LogP) is 3.77. The molecular weight excluding hydrogens is 267 g/mol. The Morgan fingerprint density at radius 2 is 1.95 bits per heavy atom. The van der Waals surface area contributed by atoms with Crippen molar-refractivity contribution < 1.29 is 9.18 Å². The van der Waals surface area contributed by atoms with Crippen LogP contribution in [-0.4, -0.2) is 12.5 Å². The van der Waals surface area contributed by atoms with Gasteiger partial charge in [-0.2, -0.15) is 0 Å². The van der Waals surface area contributed by atoms with Gasteiger partial charge in [-0.05, 0) is 43.2 Å². The van der Waals surface area contributed by atoms with Crippen molar-refractivity contribution in [3.05, 3.63) is 59.4 Å². The minimum atomic E-state index is -0.465. The molecule has 0 fully saturated rings. The zero-order valence-corrected chi connectivity index (χ0v) is 12.3. The quantitative estimate of drug-likeness (QED) is 0.870. The van der Waals surface area contributed by atoms with E-state index in [-0.39, 0.29) is 11.5 Å². The van der Waals surface area contributed by atoms with Gasteiger partial charge in [-0.15, -0.1) is 0 Å². The van der Waals surface area contributed by atoms with Crippen LogP contribution in [0, 0.1) is 12.7 Å². The van der Waals surface area contributed by atoms with E-state index in [9.17, 15) is 9.18 Å². The second-order valence-electron chi connectivity index (χ2n) is 4.99. The highest BCUT2D eigenvalue weighted by Gasteiger charge is 2.21. The smallest absolute Gasteiger partial charge is 0.261 e. The highest BCUT2D eigenvalue weighted by molar-refractivity contribution is 6.06. The van der Waals surface area contributed by atoms with Crippen LogP contribution >= 0.6 is 0 Å². The van der Waals surface area contributed by atoms with Gasteiger partial charge in [-0.25, -0.2) is 4.39 Å². The molecule has 21 heavy (non-hydrogen) atoms. The molecule has 0 saturated heterocycles. The highest BCUT2D eigenvalue weighted by atomic mass is 19.1. The highest BCUT2D eigenvalue weighted by Crippen LogP contribution is 2.22. The van der Waals surface area contributed by atoms with E-state index >= 15 is 0 Å². The number of benzene rings is 2. The van der Waals surface area contributed by atoms with Crippen molar-refractivity contribution in [2.75, 3.05) is 17.2 Å². The number of hydrogen-bond donors (Lipinski definition) is 1. The molecule has 2 N–H and O–H groups in total. The maximum atomic E-state index is 14.2. The Bertz CT molecular complexity index is 655. The summed E-state index contributed by atoms with van der Waals surface area (Å²) in [5.41, 5.74) is 7.58. The average molecular weight is 286 g/mol. The number of nitrogen functional groups attached to an aromatic ring is 1. The van der Waals surface area contributed by atoms with Crippen molar-refractivity contribution >= 4 is 17.3 Å². The van der Waals surface area contributed by atoms with Gasteiger partial charge in [-0.3, -0.25) is 4.79 Å². The van der Waals surface area contributed by atoms with E-state index in [2.05, 4.69) is 0 Å². The molecule has 2 aromatic rings. The molecular formula is C17H19FN2O. The number of carbonyl (C=O) groups excluding carboxylic acids is 1. The standard InChI is InChI=1S/C17H19FN2O/c1-3-10-20(14-8-5-7-13(19)11-14)17(21)15-9-4-6-12(2)16(15)18/h4-9,11H,3,10,19H2,1-2H3. The Hall–Kier alpha value is -2.36. The van der Waals surface area contributed by atoms with Gasteiger partial charge in [0.05, 0.1) is 5.56 Å². The van der Waals surface area contributed by atoms with E-state index in [4.69, 9.17) is 5.73 Å². The molecule has 0 aliphatic carbocycles. The van der Waals surface area contributed by atoms with E-state index < -0.39 is 5.82 Å². The van der Waals surface area contributed by atoms with Gasteiger partial charge in [0.15, 0.2) is 0 Å². The maximum absolute atomic E-state index is 14.2. The molecule has 2 rings (SSSR count). The van der Waals surface area contributed by atoms with Gasteiger partial charge in [-0.1, -0.05) is 25.1 Å². The van der Waals surface area contributed by atoms with E-state index in [0.717, 1.165) is 6.42 Å². The predicted molar refractivity (Wildman–Crippen MR) is 84.0 cm³/mol. The van der Waals surface area contributed by atoms with Crippen molar-refractivity contribution in [2.45, 2.75) is 20.3 Å². The van der Waals surface area contributed by atoms with E-state index in [1.165, 1.54) is 6.07 Å². The molecule has 0 bridgehead atoms. The lowest BCUT2D eigenvalue weighted by Crippen LogP contribution is -2.32. The molecule has 0 unspecified atom stereocenters. The van der Waals surface area contributed by atoms with Crippen molar-refractivity contribution in [1.29, 1.82) is 0 Å². The zero-order valence-electron chi connectivity index (χ0n) is 12.3. The third-order valence-corrected chi connectivity index (χ3v) is 3.30. The molecule has 3 nitrogen and oxygen atoms in total. The summed E-state index contributed by atoms with van der Waals surface area (Å²) in [4.78, 5) is 14.2. The van der Waals surface area contributed by atoms with Gasteiger partial charge in [0, 0.05) is 17.9 Å². The first-order valence-electron chi connectivity index (χ1n) is 6.97. The summed E-state index contributed by atoms with van der Waals surface area (Å²) in [5.74, 6) is -0.809. The van der Waals surface area contributed by atoms with Gasteiger partial charge in [0.25, 0.3) is 5.91 Å². The Balaban J connectivity index is 2.42. The van der Waals surface area contributed by atoms with Crippen molar-refractivity contribution in [3.8, 4) is 0 Å². The molecule has 0 radical (unpaired) electrons. The first-order valence-corrected chi connectivity index (χ1v) is 6.97. The Morgan fingerprint density at radius 1 is 1.24 bits per heavy atom. The van der Waals surface area contributed by atoms with E-state index in [0.29, 0.717) is 23.5 Å². The van der Waals surface area contributed by atoms with E-state index in [1.54, 1.807) is 48.2 Å². The molecule has 0 saturated carbocycles. The molecule has 0 atom stereocenters. The monoisotopic (exact) mass is 286 g/mol. The normalized spacial score (nSPS) is 10.4. The fourth-order valence-corrected chi connectivity index (χ4v) is 2.22. The second kappa shape index (κ2) is 6.39. The third kappa shape index (κ3) is 3.21. The van der Waals surface area contributed by atoms with Crippen LogP contribution in [0.3, 0.4) is 0 Å². The molecule has 1 amide bonds. The second-order valence-corrected chi connectivity index (χ2v) is 4.99. The summed E-state index contributed by atoms with van der Waals surface area (Å²) in [7, 11) is 0. The zero-order chi connectivity index (χ0) is 15.4. The third-order valence-electron chi connectivity index (χ3n) is 3.30. The number of amides is 1. The number of anilines is 2. The first kappa shape index (κ1) is 15.0. The minimum Gasteiger partial charge on any atom is -0.399 e. The van der Waals surface area contributed by atoms with Crippen LogP contribution in [0.5, 0.6) is 0 Å². The number of carbonyl (C=O) groups is 1. The Kier molecular flexibility index (Phi) is 4.58. The first-order chi connectivity index (χ1) is 10.0. The summed E-state index contributed by atoms with van der Waals surface area (Å²) in [6.45, 7) is 4.13. The number of rotatable bonds is 4. The van der Waals surface area contributed by atoms with Crippen LogP contribution in [0.2, 0.25) is 0 Å². The maximum Gasteiger partial charge on any atom is 0.261 e. The molecule has 0 aromatic heterocycles. The van der Waals surface area contributed by atoms with Crippen LogP contribution < -0.4 is 10.6 Å². The molecule has 110 valence electrons. The molecule has 0 spiro atoms.